The number of ether oxygens (including phenoxy) is 1. The highest BCUT2D eigenvalue weighted by Crippen LogP contribution is 2.20. The largest absolute Gasteiger partial charge is 0.456 e. The van der Waals surface area contributed by atoms with Crippen molar-refractivity contribution in [2.45, 2.75) is 33.6 Å². The van der Waals surface area contributed by atoms with E-state index in [-0.39, 0.29) is 25.4 Å². The lowest BCUT2D eigenvalue weighted by Crippen LogP contribution is -2.22. The van der Waals surface area contributed by atoms with Gasteiger partial charge in [-0.2, -0.15) is 0 Å². The van der Waals surface area contributed by atoms with Crippen molar-refractivity contribution in [1.29, 1.82) is 0 Å². The van der Waals surface area contributed by atoms with E-state index < -0.39 is 5.97 Å². The lowest BCUT2D eigenvalue weighted by Gasteiger charge is -2.11. The molecule has 2 aromatic carbocycles. The molecule has 0 saturated heterocycles. The zero-order valence-electron chi connectivity index (χ0n) is 16.7. The van der Waals surface area contributed by atoms with E-state index in [9.17, 15) is 9.59 Å². The number of anilines is 1. The van der Waals surface area contributed by atoms with Crippen LogP contribution < -0.4 is 5.32 Å². The van der Waals surface area contributed by atoms with E-state index in [1.165, 1.54) is 0 Å². The van der Waals surface area contributed by atoms with Crippen LogP contribution in [-0.2, 0) is 20.7 Å². The summed E-state index contributed by atoms with van der Waals surface area (Å²) in [6.45, 7) is 5.47. The van der Waals surface area contributed by atoms with Crippen molar-refractivity contribution in [3.8, 4) is 11.5 Å². The number of esters is 1. The summed E-state index contributed by atoms with van der Waals surface area (Å²) in [5, 5.41) is 10.7. The summed E-state index contributed by atoms with van der Waals surface area (Å²) in [5.74, 6) is -0.134. The Morgan fingerprint density at radius 2 is 1.69 bits per heavy atom. The van der Waals surface area contributed by atoms with Gasteiger partial charge in [0.05, 0.1) is 6.42 Å². The Labute approximate surface area is 169 Å². The van der Waals surface area contributed by atoms with Crippen LogP contribution in [0.2, 0.25) is 0 Å². The Bertz CT molecular complexity index is 989. The van der Waals surface area contributed by atoms with Crippen LogP contribution in [0.15, 0.2) is 46.9 Å². The minimum absolute atomic E-state index is 0.0478. The van der Waals surface area contributed by atoms with Gasteiger partial charge < -0.3 is 14.5 Å². The number of carbonyl (C=O) groups is 2. The highest BCUT2D eigenvalue weighted by molar-refractivity contribution is 5.94. The topological polar surface area (TPSA) is 94.3 Å². The first-order chi connectivity index (χ1) is 13.9. The van der Waals surface area contributed by atoms with E-state index in [1.54, 1.807) is 0 Å². The molecule has 0 aliphatic heterocycles. The van der Waals surface area contributed by atoms with Gasteiger partial charge >= 0.3 is 5.97 Å². The number of aromatic nitrogens is 2. The first-order valence-corrected chi connectivity index (χ1v) is 9.33. The van der Waals surface area contributed by atoms with E-state index >= 15 is 0 Å². The molecule has 0 aliphatic carbocycles. The van der Waals surface area contributed by atoms with Crippen LogP contribution >= 0.6 is 0 Å². The number of benzene rings is 2. The maximum Gasteiger partial charge on any atom is 0.306 e. The van der Waals surface area contributed by atoms with Gasteiger partial charge in [-0.05, 0) is 44.0 Å². The van der Waals surface area contributed by atoms with Crippen molar-refractivity contribution in [2.24, 2.45) is 0 Å². The van der Waals surface area contributed by atoms with Crippen molar-refractivity contribution in [2.75, 3.05) is 11.9 Å². The molecule has 150 valence electrons. The summed E-state index contributed by atoms with van der Waals surface area (Å²) in [5.41, 5.74) is 4.59. The van der Waals surface area contributed by atoms with Crippen LogP contribution in [-0.4, -0.2) is 28.7 Å². The second kappa shape index (κ2) is 9.14. The number of rotatable bonds is 7. The molecule has 0 bridgehead atoms. The Morgan fingerprint density at radius 1 is 1.00 bits per heavy atom. The number of carbonyl (C=O) groups excluding carboxylic acids is 2. The Hall–Kier alpha value is -3.48. The van der Waals surface area contributed by atoms with Crippen molar-refractivity contribution in [3.05, 3.63) is 65.0 Å². The molecule has 0 unspecified atom stereocenters. The van der Waals surface area contributed by atoms with Gasteiger partial charge in [0.25, 0.3) is 5.91 Å². The minimum atomic E-state index is -0.503. The summed E-state index contributed by atoms with van der Waals surface area (Å²) in [6, 6.07) is 13.4. The molecule has 3 rings (SSSR count). The van der Waals surface area contributed by atoms with Crippen molar-refractivity contribution in [3.63, 3.8) is 0 Å². The molecular formula is C22H23N3O4. The first kappa shape index (κ1) is 20.3. The molecule has 1 N–H and O–H groups in total. The molecule has 1 aromatic heterocycles. The SMILES string of the molecule is Cc1ccc(-c2nnc(CCC(=O)OCC(=O)Nc3c(C)cccc3C)o2)cc1. The summed E-state index contributed by atoms with van der Waals surface area (Å²) in [6.07, 6.45) is 0.294. The lowest BCUT2D eigenvalue weighted by molar-refractivity contribution is -0.147. The average molecular weight is 393 g/mol. The van der Waals surface area contributed by atoms with Gasteiger partial charge in [0, 0.05) is 17.7 Å². The Kier molecular flexibility index (Phi) is 6.39. The smallest absolute Gasteiger partial charge is 0.306 e. The predicted octanol–water partition coefficient (Wildman–Crippen LogP) is 3.78. The van der Waals surface area contributed by atoms with E-state index in [4.69, 9.17) is 9.15 Å². The van der Waals surface area contributed by atoms with E-state index in [0.717, 1.165) is 27.9 Å². The summed E-state index contributed by atoms with van der Waals surface area (Å²) in [7, 11) is 0. The quantitative estimate of drug-likeness (QED) is 0.614. The van der Waals surface area contributed by atoms with Crippen LogP contribution in [0.4, 0.5) is 5.69 Å². The van der Waals surface area contributed by atoms with E-state index in [0.29, 0.717) is 11.8 Å². The molecular weight excluding hydrogens is 370 g/mol. The highest BCUT2D eigenvalue weighted by Gasteiger charge is 2.13. The normalized spacial score (nSPS) is 10.6. The zero-order valence-corrected chi connectivity index (χ0v) is 16.7. The summed E-state index contributed by atoms with van der Waals surface area (Å²) >= 11 is 0. The standard InChI is InChI=1S/C22H23N3O4/c1-14-7-9-17(10-8-14)22-25-24-19(29-22)11-12-20(27)28-13-18(26)23-21-15(2)5-4-6-16(21)3/h4-10H,11-13H2,1-3H3,(H,23,26). The van der Waals surface area contributed by atoms with Crippen LogP contribution in [0, 0.1) is 20.8 Å². The number of nitrogens with zero attached hydrogens (tertiary/aromatic N) is 2. The number of hydrogen-bond acceptors (Lipinski definition) is 6. The van der Waals surface area contributed by atoms with Crippen LogP contribution in [0.3, 0.4) is 0 Å². The van der Waals surface area contributed by atoms with Crippen molar-refractivity contribution in [1.82, 2.24) is 10.2 Å². The molecule has 3 aromatic rings. The third-order valence-corrected chi connectivity index (χ3v) is 4.42. The number of para-hydroxylation sites is 1. The fraction of sp³-hybridized carbons (Fsp3) is 0.273. The molecule has 29 heavy (non-hydrogen) atoms. The molecule has 0 saturated carbocycles. The molecule has 0 radical (unpaired) electrons. The van der Waals surface area contributed by atoms with Gasteiger partial charge in [0.15, 0.2) is 6.61 Å². The van der Waals surface area contributed by atoms with Crippen LogP contribution in [0.5, 0.6) is 0 Å². The average Bonchev–Trinajstić information content (AvgIpc) is 3.17. The second-order valence-corrected chi connectivity index (χ2v) is 6.84. The van der Waals surface area contributed by atoms with Crippen molar-refractivity contribution >= 4 is 17.6 Å². The van der Waals surface area contributed by atoms with Gasteiger partial charge in [-0.25, -0.2) is 0 Å². The third kappa shape index (κ3) is 5.51. The number of hydrogen-bond donors (Lipinski definition) is 1. The fourth-order valence-electron chi connectivity index (χ4n) is 2.78. The number of amides is 1. The van der Waals surface area contributed by atoms with Gasteiger partial charge in [-0.3, -0.25) is 9.59 Å². The molecule has 0 fully saturated rings. The van der Waals surface area contributed by atoms with Gasteiger partial charge in [0.2, 0.25) is 11.8 Å². The lowest BCUT2D eigenvalue weighted by atomic mass is 10.1. The maximum atomic E-state index is 12.1. The zero-order chi connectivity index (χ0) is 20.8. The molecule has 1 amide bonds. The maximum absolute atomic E-state index is 12.1. The fourth-order valence-corrected chi connectivity index (χ4v) is 2.78. The molecule has 0 aliphatic rings. The van der Waals surface area contributed by atoms with E-state index in [1.807, 2.05) is 63.2 Å². The van der Waals surface area contributed by atoms with Gasteiger partial charge in [0.1, 0.15) is 0 Å². The predicted molar refractivity (Wildman–Crippen MR) is 108 cm³/mol. The number of nitrogens with one attached hydrogen (secondary N) is 1. The van der Waals surface area contributed by atoms with Gasteiger partial charge in [-0.1, -0.05) is 35.9 Å². The van der Waals surface area contributed by atoms with Crippen molar-refractivity contribution < 1.29 is 18.7 Å². The first-order valence-electron chi connectivity index (χ1n) is 9.33. The monoisotopic (exact) mass is 393 g/mol. The molecule has 0 atom stereocenters. The van der Waals surface area contributed by atoms with Crippen LogP contribution in [0.25, 0.3) is 11.5 Å². The Balaban J connectivity index is 1.45. The summed E-state index contributed by atoms with van der Waals surface area (Å²) in [4.78, 5) is 24.0. The molecule has 1 heterocycles. The summed E-state index contributed by atoms with van der Waals surface area (Å²) < 4.78 is 10.6. The second-order valence-electron chi connectivity index (χ2n) is 6.84. The molecule has 7 heteroatoms. The highest BCUT2D eigenvalue weighted by atomic mass is 16.5. The Morgan fingerprint density at radius 3 is 2.38 bits per heavy atom. The third-order valence-electron chi connectivity index (χ3n) is 4.42. The number of aryl methyl sites for hydroxylation is 4. The minimum Gasteiger partial charge on any atom is -0.456 e. The molecule has 7 nitrogen and oxygen atoms in total. The van der Waals surface area contributed by atoms with E-state index in [2.05, 4.69) is 15.5 Å². The van der Waals surface area contributed by atoms with Gasteiger partial charge in [-0.15, -0.1) is 10.2 Å². The molecule has 0 spiro atoms. The van der Waals surface area contributed by atoms with Crippen LogP contribution in [0.1, 0.15) is 29.0 Å².